The molecule has 194 valence electrons. The van der Waals surface area contributed by atoms with Crippen LogP contribution in [0.15, 0.2) is 73.3 Å². The van der Waals surface area contributed by atoms with Gasteiger partial charge in [0.1, 0.15) is 6.10 Å². The number of hydrogen-bond donors (Lipinski definition) is 0. The Kier molecular flexibility index (Phi) is 8.84. The van der Waals surface area contributed by atoms with Crippen LogP contribution in [0.5, 0.6) is 0 Å². The first-order valence-electron chi connectivity index (χ1n) is 10.4. The van der Waals surface area contributed by atoms with Crippen molar-refractivity contribution in [3.63, 3.8) is 0 Å². The number of alkyl halides is 3. The second kappa shape index (κ2) is 11.6. The normalized spacial score (nSPS) is 22.4. The fraction of sp³-hybridized carbons (Fsp3) is 0.304. The molecule has 4 atom stereocenters. The molecule has 0 radical (unpaired) electrons. The first kappa shape index (κ1) is 27.3. The topological polar surface area (TPSA) is 114 Å². The fourth-order valence-electron chi connectivity index (χ4n) is 3.15. The van der Waals surface area contributed by atoms with Crippen LogP contribution in [-0.4, -0.2) is 63.7 Å². The van der Waals surface area contributed by atoms with Gasteiger partial charge in [0.15, 0.2) is 18.5 Å². The Morgan fingerprint density at radius 3 is 1.92 bits per heavy atom. The third-order valence-corrected chi connectivity index (χ3v) is 5.87. The van der Waals surface area contributed by atoms with Gasteiger partial charge in [-0.05, 0) is 24.3 Å². The van der Waals surface area contributed by atoms with Crippen molar-refractivity contribution in [3.8, 4) is 0 Å². The molecule has 9 nitrogen and oxygen atoms in total. The van der Waals surface area contributed by atoms with Gasteiger partial charge >= 0.3 is 27.6 Å². The number of ether oxygens (including phenoxy) is 4. The summed E-state index contributed by atoms with van der Waals surface area (Å²) in [6, 6.07) is 14.8. The van der Waals surface area contributed by atoms with Gasteiger partial charge in [0.2, 0.25) is 0 Å². The van der Waals surface area contributed by atoms with Gasteiger partial charge < -0.3 is 18.9 Å². The molecule has 2 aromatic rings. The van der Waals surface area contributed by atoms with E-state index in [1.165, 1.54) is 54.6 Å². The lowest BCUT2D eigenvalue weighted by atomic mass is 10.0. The standard InChI is InChI=1S/C23H21F3O9S/c1-2-13-31-22-19(34-21(28)16-11-7-4-8-12-16)18(33-20(27)15-9-5-3-6-10-15)17(14-32-22)35-36(29,30)23(24,25)26/h2-12,17-19,22H,1,13-14H2/t17-,18?,19+,22-/m1/s1. The molecule has 0 saturated carbocycles. The highest BCUT2D eigenvalue weighted by molar-refractivity contribution is 7.87. The van der Waals surface area contributed by atoms with Crippen LogP contribution in [0.4, 0.5) is 13.2 Å². The average molecular weight is 530 g/mol. The summed E-state index contributed by atoms with van der Waals surface area (Å²) in [5, 5.41) is 0. The maximum absolute atomic E-state index is 13.0. The molecule has 3 rings (SSSR count). The molecule has 1 saturated heterocycles. The Bertz CT molecular complexity index is 1150. The van der Waals surface area contributed by atoms with Gasteiger partial charge in [-0.1, -0.05) is 42.5 Å². The van der Waals surface area contributed by atoms with Gasteiger partial charge in [0.05, 0.1) is 24.3 Å². The van der Waals surface area contributed by atoms with E-state index in [2.05, 4.69) is 10.8 Å². The molecule has 0 amide bonds. The van der Waals surface area contributed by atoms with Crippen molar-refractivity contribution < 1.29 is 54.3 Å². The van der Waals surface area contributed by atoms with Gasteiger partial charge in [0, 0.05) is 0 Å². The molecule has 1 unspecified atom stereocenters. The Labute approximate surface area is 204 Å². The zero-order valence-corrected chi connectivity index (χ0v) is 19.3. The Balaban J connectivity index is 1.98. The van der Waals surface area contributed by atoms with Gasteiger partial charge in [-0.15, -0.1) is 6.58 Å². The van der Waals surface area contributed by atoms with E-state index in [0.29, 0.717) is 0 Å². The second-order valence-corrected chi connectivity index (χ2v) is 8.89. The lowest BCUT2D eigenvalue weighted by Crippen LogP contribution is -2.58. The van der Waals surface area contributed by atoms with Crippen LogP contribution in [0, 0.1) is 0 Å². The van der Waals surface area contributed by atoms with E-state index < -0.39 is 58.8 Å². The molecule has 13 heteroatoms. The lowest BCUT2D eigenvalue weighted by molar-refractivity contribution is -0.262. The highest BCUT2D eigenvalue weighted by Gasteiger charge is 2.54. The van der Waals surface area contributed by atoms with Crippen molar-refractivity contribution in [2.75, 3.05) is 13.2 Å². The van der Waals surface area contributed by atoms with E-state index >= 15 is 0 Å². The molecule has 1 aliphatic heterocycles. The van der Waals surface area contributed by atoms with Crippen molar-refractivity contribution in [2.45, 2.75) is 30.1 Å². The number of hydrogen-bond acceptors (Lipinski definition) is 9. The summed E-state index contributed by atoms with van der Waals surface area (Å²) in [4.78, 5) is 25.5. The summed E-state index contributed by atoms with van der Waals surface area (Å²) in [6.45, 7) is 2.53. The SMILES string of the molecule is C=CCO[C@@H]1OC[C@@H](OS(=O)(=O)C(F)(F)F)C(OC(=O)c2ccccc2)[C@@H]1OC(=O)c1ccccc1. The Hall–Kier alpha value is -3.26. The predicted molar refractivity (Wildman–Crippen MR) is 117 cm³/mol. The van der Waals surface area contributed by atoms with Crippen LogP contribution in [0.1, 0.15) is 20.7 Å². The van der Waals surface area contributed by atoms with Crippen molar-refractivity contribution in [2.24, 2.45) is 0 Å². The van der Waals surface area contributed by atoms with Gasteiger partial charge in [0.25, 0.3) is 0 Å². The van der Waals surface area contributed by atoms with E-state index in [1.54, 1.807) is 12.1 Å². The van der Waals surface area contributed by atoms with E-state index in [-0.39, 0.29) is 17.7 Å². The second-order valence-electron chi connectivity index (χ2n) is 7.33. The Morgan fingerprint density at radius 1 is 0.944 bits per heavy atom. The van der Waals surface area contributed by atoms with Crippen molar-refractivity contribution in [1.29, 1.82) is 0 Å². The highest BCUT2D eigenvalue weighted by atomic mass is 32.2. The molecule has 0 N–H and O–H groups in total. The van der Waals surface area contributed by atoms with Crippen LogP contribution in [-0.2, 0) is 33.2 Å². The summed E-state index contributed by atoms with van der Waals surface area (Å²) in [7, 11) is -6.14. The first-order chi connectivity index (χ1) is 17.0. The number of carbonyl (C=O) groups excluding carboxylic acids is 2. The first-order valence-corrected chi connectivity index (χ1v) is 11.8. The summed E-state index contributed by atoms with van der Waals surface area (Å²) >= 11 is 0. The Morgan fingerprint density at radius 2 is 1.44 bits per heavy atom. The summed E-state index contributed by atoms with van der Waals surface area (Å²) in [5.74, 6) is -2.00. The monoisotopic (exact) mass is 530 g/mol. The molecular weight excluding hydrogens is 509 g/mol. The van der Waals surface area contributed by atoms with Crippen molar-refractivity contribution in [1.82, 2.24) is 0 Å². The molecular formula is C23H21F3O9S. The predicted octanol–water partition coefficient (Wildman–Crippen LogP) is 3.23. The van der Waals surface area contributed by atoms with E-state index in [0.717, 1.165) is 0 Å². The van der Waals surface area contributed by atoms with E-state index in [1.807, 2.05) is 0 Å². The van der Waals surface area contributed by atoms with E-state index in [9.17, 15) is 31.2 Å². The number of esters is 2. The minimum absolute atomic E-state index is 0.00174. The molecule has 1 fully saturated rings. The molecule has 0 bridgehead atoms. The molecule has 1 aliphatic rings. The molecule has 0 aromatic heterocycles. The maximum atomic E-state index is 13.0. The zero-order chi connectivity index (χ0) is 26.3. The number of carbonyl (C=O) groups is 2. The summed E-state index contributed by atoms with van der Waals surface area (Å²) in [6.07, 6.45) is -5.75. The average Bonchev–Trinajstić information content (AvgIpc) is 2.85. The smallest absolute Gasteiger partial charge is 0.452 e. The van der Waals surface area contributed by atoms with Crippen LogP contribution >= 0.6 is 0 Å². The summed E-state index contributed by atoms with van der Waals surface area (Å²) in [5.41, 5.74) is -5.72. The quantitative estimate of drug-likeness (QED) is 0.209. The zero-order valence-electron chi connectivity index (χ0n) is 18.5. The minimum Gasteiger partial charge on any atom is -0.452 e. The van der Waals surface area contributed by atoms with Crippen molar-refractivity contribution >= 4 is 22.1 Å². The minimum atomic E-state index is -6.14. The molecule has 0 aliphatic carbocycles. The maximum Gasteiger partial charge on any atom is 0.523 e. The van der Waals surface area contributed by atoms with Crippen molar-refractivity contribution in [3.05, 3.63) is 84.4 Å². The van der Waals surface area contributed by atoms with Crippen LogP contribution < -0.4 is 0 Å². The van der Waals surface area contributed by atoms with Gasteiger partial charge in [-0.2, -0.15) is 21.6 Å². The van der Waals surface area contributed by atoms with E-state index in [4.69, 9.17) is 18.9 Å². The largest absolute Gasteiger partial charge is 0.523 e. The lowest BCUT2D eigenvalue weighted by Gasteiger charge is -2.40. The molecule has 2 aromatic carbocycles. The molecule has 0 spiro atoms. The number of halogens is 3. The number of benzene rings is 2. The number of rotatable bonds is 9. The van der Waals surface area contributed by atoms with Gasteiger partial charge in [-0.3, -0.25) is 4.18 Å². The summed E-state index contributed by atoms with van der Waals surface area (Å²) < 4.78 is 88.4. The van der Waals surface area contributed by atoms with Crippen LogP contribution in [0.25, 0.3) is 0 Å². The van der Waals surface area contributed by atoms with Crippen LogP contribution in [0.3, 0.4) is 0 Å². The fourth-order valence-corrected chi connectivity index (χ4v) is 3.75. The molecule has 1 heterocycles. The van der Waals surface area contributed by atoms with Crippen LogP contribution in [0.2, 0.25) is 0 Å². The highest BCUT2D eigenvalue weighted by Crippen LogP contribution is 2.32. The third-order valence-electron chi connectivity index (χ3n) is 4.80. The third kappa shape index (κ3) is 6.69. The molecule has 36 heavy (non-hydrogen) atoms. The van der Waals surface area contributed by atoms with Gasteiger partial charge in [-0.25, -0.2) is 9.59 Å².